The molecule has 1 N–H and O–H groups in total. The molecule has 20 heavy (non-hydrogen) atoms. The molecule has 2 rings (SSSR count). The molecule has 0 spiro atoms. The second-order valence-corrected chi connectivity index (χ2v) is 8.17. The van der Waals surface area contributed by atoms with Gasteiger partial charge < -0.3 is 0 Å². The monoisotopic (exact) mass is 360 g/mol. The van der Waals surface area contributed by atoms with E-state index < -0.39 is 10.2 Å². The van der Waals surface area contributed by atoms with Crippen LogP contribution >= 0.6 is 15.9 Å². The fourth-order valence-corrected chi connectivity index (χ4v) is 4.15. The Bertz CT molecular complexity index is 538. The number of nitrogens with zero attached hydrogens (tertiary/aromatic N) is 1. The first-order valence-electron chi connectivity index (χ1n) is 7.01. The van der Waals surface area contributed by atoms with Gasteiger partial charge in [-0.15, -0.1) is 0 Å². The van der Waals surface area contributed by atoms with Crippen LogP contribution in [0.2, 0.25) is 0 Å². The fraction of sp³-hybridized carbons (Fsp3) is 0.571. The summed E-state index contributed by atoms with van der Waals surface area (Å²) >= 11 is 3.50. The van der Waals surface area contributed by atoms with E-state index in [1.165, 1.54) is 0 Å². The lowest BCUT2D eigenvalue weighted by atomic mass is 10.1. The fourth-order valence-electron chi connectivity index (χ4n) is 2.42. The van der Waals surface area contributed by atoms with Crippen LogP contribution in [-0.4, -0.2) is 25.8 Å². The van der Waals surface area contributed by atoms with Crippen LogP contribution in [0.4, 0.5) is 5.69 Å². The minimum absolute atomic E-state index is 0.102. The molecule has 1 unspecified atom stereocenters. The Hall–Kier alpha value is -0.590. The van der Waals surface area contributed by atoms with Crippen molar-refractivity contribution in [2.75, 3.05) is 17.8 Å². The minimum Gasteiger partial charge on any atom is -0.271 e. The molecule has 0 aliphatic carbocycles. The van der Waals surface area contributed by atoms with Gasteiger partial charge in [-0.2, -0.15) is 12.7 Å². The summed E-state index contributed by atoms with van der Waals surface area (Å²) in [5.74, 6) is 0. The summed E-state index contributed by atoms with van der Waals surface area (Å²) in [5, 5.41) is 0. The van der Waals surface area contributed by atoms with Crippen molar-refractivity contribution >= 4 is 31.8 Å². The predicted octanol–water partition coefficient (Wildman–Crippen LogP) is 3.68. The van der Waals surface area contributed by atoms with Gasteiger partial charge in [0.2, 0.25) is 0 Å². The number of halogens is 1. The number of alkyl halides is 1. The van der Waals surface area contributed by atoms with Crippen LogP contribution in [0.25, 0.3) is 0 Å². The maximum Gasteiger partial charge on any atom is 0.301 e. The molecular formula is C14H21BrN2O2S. The average molecular weight is 361 g/mol. The zero-order chi connectivity index (χ0) is 14.6. The first kappa shape index (κ1) is 15.8. The second-order valence-electron chi connectivity index (χ2n) is 5.12. The van der Waals surface area contributed by atoms with Gasteiger partial charge in [0, 0.05) is 17.9 Å². The lowest BCUT2D eigenvalue weighted by Crippen LogP contribution is -2.36. The quantitative estimate of drug-likeness (QED) is 0.832. The Morgan fingerprint density at radius 2 is 1.75 bits per heavy atom. The maximum atomic E-state index is 12.5. The van der Waals surface area contributed by atoms with E-state index in [1.54, 1.807) is 4.31 Å². The molecule has 1 heterocycles. The van der Waals surface area contributed by atoms with E-state index in [0.29, 0.717) is 18.8 Å². The van der Waals surface area contributed by atoms with Crippen molar-refractivity contribution in [2.45, 2.75) is 37.4 Å². The van der Waals surface area contributed by atoms with Gasteiger partial charge in [-0.1, -0.05) is 47.0 Å². The summed E-state index contributed by atoms with van der Waals surface area (Å²) in [4.78, 5) is 0.102. The van der Waals surface area contributed by atoms with Crippen LogP contribution in [0.15, 0.2) is 24.3 Å². The van der Waals surface area contributed by atoms with E-state index in [0.717, 1.165) is 31.2 Å². The van der Waals surface area contributed by atoms with E-state index in [1.807, 2.05) is 31.2 Å². The topological polar surface area (TPSA) is 49.4 Å². The van der Waals surface area contributed by atoms with E-state index in [2.05, 4.69) is 20.7 Å². The molecule has 112 valence electrons. The molecule has 1 aromatic carbocycles. The van der Waals surface area contributed by atoms with Crippen LogP contribution in [0.5, 0.6) is 0 Å². The molecule has 0 radical (unpaired) electrons. The van der Waals surface area contributed by atoms with Gasteiger partial charge in [0.15, 0.2) is 0 Å². The van der Waals surface area contributed by atoms with Gasteiger partial charge in [-0.25, -0.2) is 0 Å². The first-order chi connectivity index (χ1) is 9.50. The second kappa shape index (κ2) is 6.91. The highest BCUT2D eigenvalue weighted by molar-refractivity contribution is 9.09. The summed E-state index contributed by atoms with van der Waals surface area (Å²) in [6, 6.07) is 7.50. The van der Waals surface area contributed by atoms with Crippen LogP contribution < -0.4 is 4.72 Å². The average Bonchev–Trinajstić information content (AvgIpc) is 2.68. The molecule has 1 aliphatic heterocycles. The summed E-state index contributed by atoms with van der Waals surface area (Å²) in [5.41, 5.74) is 1.60. The van der Waals surface area contributed by atoms with Crippen LogP contribution in [-0.2, 0) is 10.2 Å². The highest BCUT2D eigenvalue weighted by atomic mass is 79.9. The third-order valence-electron chi connectivity index (χ3n) is 3.53. The van der Waals surface area contributed by atoms with Gasteiger partial charge in [-0.3, -0.25) is 4.72 Å². The van der Waals surface area contributed by atoms with E-state index >= 15 is 0 Å². The normalized spacial score (nSPS) is 19.3. The number of rotatable bonds is 4. The van der Waals surface area contributed by atoms with Gasteiger partial charge in [-0.05, 0) is 31.4 Å². The van der Waals surface area contributed by atoms with Crippen LogP contribution in [0, 0.1) is 0 Å². The molecule has 1 aliphatic rings. The van der Waals surface area contributed by atoms with Crippen molar-refractivity contribution in [3.05, 3.63) is 29.8 Å². The molecule has 0 aromatic heterocycles. The molecule has 4 nitrogen and oxygen atoms in total. The molecule has 1 saturated heterocycles. The van der Waals surface area contributed by atoms with Crippen molar-refractivity contribution in [1.82, 2.24) is 4.31 Å². The van der Waals surface area contributed by atoms with Crippen molar-refractivity contribution in [3.63, 3.8) is 0 Å². The Labute approximate surface area is 129 Å². The highest BCUT2D eigenvalue weighted by Gasteiger charge is 2.23. The standard InChI is InChI=1S/C14H21BrN2O2S/c1-12(15)13-8-4-5-9-14(13)16-20(18,19)17-10-6-2-3-7-11-17/h4-5,8-9,12,16H,2-3,6-7,10-11H2,1H3. The van der Waals surface area contributed by atoms with Crippen LogP contribution in [0.3, 0.4) is 0 Å². The Morgan fingerprint density at radius 3 is 2.35 bits per heavy atom. The SMILES string of the molecule is CC(Br)c1ccccc1NS(=O)(=O)N1CCCCCC1. The third-order valence-corrected chi connectivity index (χ3v) is 5.55. The number of benzene rings is 1. The molecule has 1 fully saturated rings. The Kier molecular flexibility index (Phi) is 5.46. The smallest absolute Gasteiger partial charge is 0.271 e. The largest absolute Gasteiger partial charge is 0.301 e. The lowest BCUT2D eigenvalue weighted by molar-refractivity contribution is 0.427. The molecule has 1 aromatic rings. The molecular weight excluding hydrogens is 340 g/mol. The Balaban J connectivity index is 2.19. The molecule has 0 bridgehead atoms. The minimum atomic E-state index is -3.45. The lowest BCUT2D eigenvalue weighted by Gasteiger charge is -2.22. The zero-order valence-electron chi connectivity index (χ0n) is 11.7. The number of nitrogens with one attached hydrogen (secondary N) is 1. The summed E-state index contributed by atoms with van der Waals surface area (Å²) < 4.78 is 29.3. The van der Waals surface area contributed by atoms with E-state index in [-0.39, 0.29) is 4.83 Å². The van der Waals surface area contributed by atoms with Crippen molar-refractivity contribution < 1.29 is 8.42 Å². The van der Waals surface area contributed by atoms with Gasteiger partial charge in [0.25, 0.3) is 0 Å². The van der Waals surface area contributed by atoms with Crippen LogP contribution in [0.1, 0.15) is 43.0 Å². The molecule has 0 amide bonds. The van der Waals surface area contributed by atoms with Crippen molar-refractivity contribution in [1.29, 1.82) is 0 Å². The van der Waals surface area contributed by atoms with E-state index in [4.69, 9.17) is 0 Å². The third kappa shape index (κ3) is 3.96. The van der Waals surface area contributed by atoms with Crippen molar-refractivity contribution in [2.24, 2.45) is 0 Å². The van der Waals surface area contributed by atoms with E-state index in [9.17, 15) is 8.42 Å². The van der Waals surface area contributed by atoms with Gasteiger partial charge >= 0.3 is 10.2 Å². The Morgan fingerprint density at radius 1 is 1.15 bits per heavy atom. The molecule has 0 saturated carbocycles. The summed E-state index contributed by atoms with van der Waals surface area (Å²) in [6.45, 7) is 3.21. The predicted molar refractivity (Wildman–Crippen MR) is 86.4 cm³/mol. The molecule has 6 heteroatoms. The number of anilines is 1. The van der Waals surface area contributed by atoms with Gasteiger partial charge in [0.05, 0.1) is 5.69 Å². The summed E-state index contributed by atoms with van der Waals surface area (Å²) in [6.07, 6.45) is 4.11. The number of hydrogen-bond donors (Lipinski definition) is 1. The van der Waals surface area contributed by atoms with Gasteiger partial charge in [0.1, 0.15) is 0 Å². The summed E-state index contributed by atoms with van der Waals surface area (Å²) in [7, 11) is -3.45. The zero-order valence-corrected chi connectivity index (χ0v) is 14.1. The number of hydrogen-bond acceptors (Lipinski definition) is 2. The van der Waals surface area contributed by atoms with Crippen molar-refractivity contribution in [3.8, 4) is 0 Å². The first-order valence-corrected chi connectivity index (χ1v) is 9.37. The molecule has 1 atom stereocenters. The highest BCUT2D eigenvalue weighted by Crippen LogP contribution is 2.29. The maximum absolute atomic E-state index is 12.5. The number of para-hydroxylation sites is 1.